The fourth-order valence-corrected chi connectivity index (χ4v) is 3.87. The van der Waals surface area contributed by atoms with E-state index in [-0.39, 0.29) is 18.0 Å². The van der Waals surface area contributed by atoms with Crippen molar-refractivity contribution >= 4 is 17.3 Å². The fourth-order valence-electron chi connectivity index (χ4n) is 3.69. The lowest BCUT2D eigenvalue weighted by Crippen LogP contribution is -2.33. The molecule has 0 fully saturated rings. The van der Waals surface area contributed by atoms with Crippen LogP contribution >= 0.6 is 11.6 Å². The number of hydrogen-bond acceptors (Lipinski definition) is 5. The van der Waals surface area contributed by atoms with Gasteiger partial charge in [-0.3, -0.25) is 4.98 Å². The second kappa shape index (κ2) is 6.28. The molecule has 0 bridgehead atoms. The molecule has 0 radical (unpaired) electrons. The Kier molecular flexibility index (Phi) is 3.76. The van der Waals surface area contributed by atoms with Crippen LogP contribution in [-0.4, -0.2) is 20.8 Å². The third-order valence-electron chi connectivity index (χ3n) is 4.96. The van der Waals surface area contributed by atoms with E-state index < -0.39 is 0 Å². The molecule has 27 heavy (non-hydrogen) atoms. The Bertz CT molecular complexity index is 1040. The second-order valence-corrected chi connectivity index (χ2v) is 7.03. The smallest absolute Gasteiger partial charge is 0.213 e. The molecule has 2 aliphatic rings. The van der Waals surface area contributed by atoms with Crippen molar-refractivity contribution in [1.82, 2.24) is 9.99 Å². The number of fused-ring (bicyclic) bond motifs is 3. The van der Waals surface area contributed by atoms with E-state index >= 15 is 0 Å². The Hall–Kier alpha value is -3.05. The number of pyridine rings is 1. The van der Waals surface area contributed by atoms with Gasteiger partial charge >= 0.3 is 0 Å². The summed E-state index contributed by atoms with van der Waals surface area (Å²) in [5.74, 6) is 1.03. The Morgan fingerprint density at radius 3 is 2.70 bits per heavy atom. The van der Waals surface area contributed by atoms with Crippen LogP contribution in [-0.2, 0) is 0 Å². The molecule has 6 heteroatoms. The molecule has 0 amide bonds. The van der Waals surface area contributed by atoms with Gasteiger partial charge in [0.1, 0.15) is 11.5 Å². The Balaban J connectivity index is 1.63. The summed E-state index contributed by atoms with van der Waals surface area (Å²) in [5, 5.41) is 17.7. The van der Waals surface area contributed by atoms with Gasteiger partial charge < -0.3 is 9.84 Å². The van der Waals surface area contributed by atoms with Crippen molar-refractivity contribution in [2.75, 3.05) is 0 Å². The zero-order valence-electron chi connectivity index (χ0n) is 14.3. The maximum Gasteiger partial charge on any atom is 0.213 e. The van der Waals surface area contributed by atoms with Gasteiger partial charge in [0.2, 0.25) is 6.23 Å². The summed E-state index contributed by atoms with van der Waals surface area (Å²) in [6, 6.07) is 16.8. The zero-order chi connectivity index (χ0) is 18.4. The van der Waals surface area contributed by atoms with E-state index in [1.165, 1.54) is 0 Å². The molecule has 1 aromatic heterocycles. The Morgan fingerprint density at radius 2 is 1.89 bits per heavy atom. The molecule has 2 aromatic carbocycles. The van der Waals surface area contributed by atoms with Gasteiger partial charge in [0.25, 0.3) is 0 Å². The lowest BCUT2D eigenvalue weighted by Gasteiger charge is -2.38. The Morgan fingerprint density at radius 1 is 1.07 bits per heavy atom. The average molecular weight is 378 g/mol. The molecule has 2 aliphatic heterocycles. The van der Waals surface area contributed by atoms with Crippen molar-refractivity contribution in [2.24, 2.45) is 5.10 Å². The molecule has 0 spiro atoms. The highest BCUT2D eigenvalue weighted by molar-refractivity contribution is 6.30. The standard InChI is InChI=1S/C21H16ClN3O2/c22-14-5-6-20-16(11-14)18-12-17(15-3-1-2-4-19(15)26)24-25(18)21(27-20)13-7-9-23-10-8-13/h1-11,18,21,26H,12H2/t18-,21+/m1/s1. The third kappa shape index (κ3) is 2.71. The summed E-state index contributed by atoms with van der Waals surface area (Å²) in [5.41, 5.74) is 3.54. The van der Waals surface area contributed by atoms with Crippen LogP contribution in [0, 0.1) is 0 Å². The molecule has 0 unspecified atom stereocenters. The first-order valence-electron chi connectivity index (χ1n) is 8.71. The van der Waals surface area contributed by atoms with E-state index in [4.69, 9.17) is 21.4 Å². The highest BCUT2D eigenvalue weighted by Crippen LogP contribution is 2.48. The number of rotatable bonds is 2. The van der Waals surface area contributed by atoms with Gasteiger partial charge in [-0.15, -0.1) is 0 Å². The molecule has 2 atom stereocenters. The second-order valence-electron chi connectivity index (χ2n) is 6.60. The lowest BCUT2D eigenvalue weighted by atomic mass is 9.95. The summed E-state index contributed by atoms with van der Waals surface area (Å²) in [7, 11) is 0. The van der Waals surface area contributed by atoms with Crippen molar-refractivity contribution in [1.29, 1.82) is 0 Å². The van der Waals surface area contributed by atoms with Crippen LogP contribution in [0.3, 0.4) is 0 Å². The van der Waals surface area contributed by atoms with Crippen LogP contribution in [0.15, 0.2) is 72.1 Å². The van der Waals surface area contributed by atoms with Crippen LogP contribution in [0.25, 0.3) is 0 Å². The molecule has 3 aromatic rings. The maximum atomic E-state index is 10.3. The number of phenolic OH excluding ortho intramolecular Hbond substituents is 1. The molecule has 5 rings (SSSR count). The molecule has 0 aliphatic carbocycles. The number of hydrogen-bond donors (Lipinski definition) is 1. The number of para-hydroxylation sites is 1. The van der Waals surface area contributed by atoms with E-state index in [0.29, 0.717) is 11.4 Å². The zero-order valence-corrected chi connectivity index (χ0v) is 15.0. The largest absolute Gasteiger partial charge is 0.507 e. The molecule has 0 saturated carbocycles. The summed E-state index contributed by atoms with van der Waals surface area (Å²) >= 11 is 6.24. The monoisotopic (exact) mass is 377 g/mol. The molecule has 1 N–H and O–H groups in total. The molecular weight excluding hydrogens is 362 g/mol. The topological polar surface area (TPSA) is 58.0 Å². The lowest BCUT2D eigenvalue weighted by molar-refractivity contribution is -0.0190. The minimum atomic E-state index is -0.366. The first-order chi connectivity index (χ1) is 13.2. The van der Waals surface area contributed by atoms with Gasteiger partial charge in [0, 0.05) is 40.5 Å². The fraction of sp³-hybridized carbons (Fsp3) is 0.143. The number of aromatic nitrogens is 1. The molecule has 3 heterocycles. The number of nitrogens with zero attached hydrogens (tertiary/aromatic N) is 3. The van der Waals surface area contributed by atoms with Gasteiger partial charge in [-0.05, 0) is 42.5 Å². The van der Waals surface area contributed by atoms with E-state index in [1.807, 2.05) is 47.5 Å². The van der Waals surface area contributed by atoms with Crippen molar-refractivity contribution in [2.45, 2.75) is 18.7 Å². The summed E-state index contributed by atoms with van der Waals surface area (Å²) in [6.07, 6.45) is 3.79. The summed E-state index contributed by atoms with van der Waals surface area (Å²) in [6.45, 7) is 0. The number of ether oxygens (including phenoxy) is 1. The maximum absolute atomic E-state index is 10.3. The molecule has 0 saturated heterocycles. The van der Waals surface area contributed by atoms with Crippen LogP contribution in [0.1, 0.15) is 35.4 Å². The third-order valence-corrected chi connectivity index (χ3v) is 5.19. The van der Waals surface area contributed by atoms with Gasteiger partial charge in [-0.1, -0.05) is 23.7 Å². The summed E-state index contributed by atoms with van der Waals surface area (Å²) in [4.78, 5) is 4.10. The SMILES string of the molecule is Oc1ccccc1C1=NN2[C@H](C1)c1cc(Cl)ccc1O[C@H]2c1ccncc1. The number of halogens is 1. The molecular formula is C21H16ClN3O2. The van der Waals surface area contributed by atoms with Crippen molar-refractivity contribution in [3.63, 3.8) is 0 Å². The minimum Gasteiger partial charge on any atom is -0.507 e. The first kappa shape index (κ1) is 16.1. The van der Waals surface area contributed by atoms with E-state index in [9.17, 15) is 5.11 Å². The quantitative estimate of drug-likeness (QED) is 0.704. The van der Waals surface area contributed by atoms with E-state index in [0.717, 1.165) is 28.2 Å². The van der Waals surface area contributed by atoms with Crippen LogP contribution < -0.4 is 4.74 Å². The highest BCUT2D eigenvalue weighted by Gasteiger charge is 2.41. The van der Waals surface area contributed by atoms with Crippen LogP contribution in [0.5, 0.6) is 11.5 Å². The predicted molar refractivity (Wildman–Crippen MR) is 103 cm³/mol. The van der Waals surface area contributed by atoms with E-state index in [2.05, 4.69) is 4.98 Å². The predicted octanol–water partition coefficient (Wildman–Crippen LogP) is 4.68. The number of benzene rings is 2. The molecule has 134 valence electrons. The minimum absolute atomic E-state index is 0.0137. The van der Waals surface area contributed by atoms with Gasteiger partial charge in [0.05, 0.1) is 11.8 Å². The normalized spacial score (nSPS) is 20.5. The van der Waals surface area contributed by atoms with Crippen molar-refractivity contribution < 1.29 is 9.84 Å². The van der Waals surface area contributed by atoms with Gasteiger partial charge in [-0.2, -0.15) is 5.10 Å². The Labute approximate surface area is 161 Å². The number of phenols is 1. The van der Waals surface area contributed by atoms with Gasteiger partial charge in [-0.25, -0.2) is 5.01 Å². The van der Waals surface area contributed by atoms with Gasteiger partial charge in [0.15, 0.2) is 0 Å². The number of aromatic hydroxyl groups is 1. The van der Waals surface area contributed by atoms with Crippen molar-refractivity contribution in [3.05, 3.63) is 88.7 Å². The molecule has 5 nitrogen and oxygen atoms in total. The van der Waals surface area contributed by atoms with Crippen molar-refractivity contribution in [3.8, 4) is 11.5 Å². The van der Waals surface area contributed by atoms with Crippen LogP contribution in [0.2, 0.25) is 5.02 Å². The van der Waals surface area contributed by atoms with Crippen LogP contribution in [0.4, 0.5) is 0 Å². The van der Waals surface area contributed by atoms with E-state index in [1.54, 1.807) is 24.5 Å². The highest BCUT2D eigenvalue weighted by atomic mass is 35.5. The number of hydrazone groups is 1. The first-order valence-corrected chi connectivity index (χ1v) is 9.09. The average Bonchev–Trinajstić information content (AvgIpc) is 3.14. The summed E-state index contributed by atoms with van der Waals surface area (Å²) < 4.78 is 6.27.